The van der Waals surface area contributed by atoms with E-state index >= 15 is 0 Å². The number of ether oxygens (including phenoxy) is 2. The SMILES string of the molecule is C#C.CCC.CCCCCOc1ccc(-n2cnc3cc(-c4ccc(Cl)cc4)sc3c2=O)cc1OC.CPO.O. The molecule has 0 fully saturated rings. The molecule has 4 aromatic rings. The third-order valence-corrected chi connectivity index (χ3v) is 6.41. The average molecular weight is 607 g/mol. The predicted molar refractivity (Wildman–Crippen MR) is 173 cm³/mol. The van der Waals surface area contributed by atoms with Crippen LogP contribution in [0.5, 0.6) is 11.5 Å². The molecule has 218 valence electrons. The Morgan fingerprint density at radius 2 is 1.68 bits per heavy atom. The molecule has 0 aliphatic carbocycles. The third-order valence-electron chi connectivity index (χ3n) is 5.00. The van der Waals surface area contributed by atoms with E-state index in [0.29, 0.717) is 39.0 Å². The fourth-order valence-corrected chi connectivity index (χ4v) is 4.48. The summed E-state index contributed by atoms with van der Waals surface area (Å²) < 4.78 is 13.5. The molecule has 40 heavy (non-hydrogen) atoms. The van der Waals surface area contributed by atoms with Gasteiger partial charge in [0.25, 0.3) is 5.56 Å². The van der Waals surface area contributed by atoms with Crippen LogP contribution in [0.1, 0.15) is 46.5 Å². The molecule has 1 unspecified atom stereocenters. The summed E-state index contributed by atoms with van der Waals surface area (Å²) >= 11 is 7.41. The van der Waals surface area contributed by atoms with E-state index in [0.717, 1.165) is 29.7 Å². The van der Waals surface area contributed by atoms with E-state index < -0.39 is 0 Å². The minimum Gasteiger partial charge on any atom is -0.493 e. The molecule has 7 nitrogen and oxygen atoms in total. The fourth-order valence-electron chi connectivity index (χ4n) is 3.31. The van der Waals surface area contributed by atoms with E-state index in [2.05, 4.69) is 38.6 Å². The number of benzene rings is 2. The molecule has 0 amide bonds. The van der Waals surface area contributed by atoms with E-state index in [1.165, 1.54) is 22.3 Å². The number of aromatic nitrogens is 2. The van der Waals surface area contributed by atoms with Crippen LogP contribution in [0.4, 0.5) is 0 Å². The fraction of sp³-hybridized carbons (Fsp3) is 0.333. The highest BCUT2D eigenvalue weighted by Crippen LogP contribution is 2.33. The molecule has 0 saturated heterocycles. The van der Waals surface area contributed by atoms with Crippen LogP contribution < -0.4 is 15.0 Å². The summed E-state index contributed by atoms with van der Waals surface area (Å²) in [7, 11) is 1.68. The highest BCUT2D eigenvalue weighted by molar-refractivity contribution is 7.29. The first kappa shape index (κ1) is 37.1. The first-order chi connectivity index (χ1) is 18.9. The van der Waals surface area contributed by atoms with Crippen molar-refractivity contribution >= 4 is 42.0 Å². The summed E-state index contributed by atoms with van der Waals surface area (Å²) in [5, 5.41) is 0.678. The average Bonchev–Trinajstić information content (AvgIpc) is 3.39. The van der Waals surface area contributed by atoms with Gasteiger partial charge >= 0.3 is 0 Å². The van der Waals surface area contributed by atoms with Crippen LogP contribution in [0.3, 0.4) is 0 Å². The molecule has 0 aliphatic rings. The number of fused-ring (bicyclic) bond motifs is 1. The maximum absolute atomic E-state index is 13.2. The molecule has 10 heteroatoms. The topological polar surface area (TPSA) is 105 Å². The highest BCUT2D eigenvalue weighted by atomic mass is 35.5. The zero-order chi connectivity index (χ0) is 29.2. The molecule has 2 aromatic heterocycles. The maximum Gasteiger partial charge on any atom is 0.275 e. The van der Waals surface area contributed by atoms with Crippen molar-refractivity contribution in [3.05, 3.63) is 70.2 Å². The standard InChI is InChI=1S/C24H23ClN2O3S.C3H8.C2H2.CH5OP.H2O/c1-3-4-5-12-30-20-11-10-18(13-21(20)29-2)27-15-26-19-14-22(31-23(19)24(27)28)16-6-8-17(25)9-7-16;1-3-2;1-2;1-3-2;/h6-11,13-15H,3-5,12H2,1-2H3;3H2,1-2H3;1-2H;2-3H,1H3;1H2. The van der Waals surface area contributed by atoms with Gasteiger partial charge in [0.1, 0.15) is 11.0 Å². The van der Waals surface area contributed by atoms with Crippen LogP contribution >= 0.6 is 31.7 Å². The second-order valence-corrected chi connectivity index (χ2v) is 10.0. The van der Waals surface area contributed by atoms with Crippen LogP contribution in [-0.4, -0.2) is 40.3 Å². The Labute approximate surface area is 248 Å². The zero-order valence-corrected chi connectivity index (χ0v) is 26.3. The monoisotopic (exact) mass is 606 g/mol. The number of halogens is 1. The van der Waals surface area contributed by atoms with Gasteiger partial charge in [0.2, 0.25) is 0 Å². The smallest absolute Gasteiger partial charge is 0.275 e. The van der Waals surface area contributed by atoms with Crippen LogP contribution in [0, 0.1) is 12.8 Å². The summed E-state index contributed by atoms with van der Waals surface area (Å²) in [6.45, 7) is 8.75. The van der Waals surface area contributed by atoms with Crippen LogP contribution in [0.2, 0.25) is 5.02 Å². The van der Waals surface area contributed by atoms with E-state index in [4.69, 9.17) is 26.0 Å². The molecule has 4 rings (SSSR count). The normalized spacial score (nSPS) is 9.82. The van der Waals surface area contributed by atoms with Crippen molar-refractivity contribution in [2.45, 2.75) is 46.5 Å². The summed E-state index contributed by atoms with van der Waals surface area (Å²) in [6, 6.07) is 15.0. The minimum atomic E-state index is -0.117. The van der Waals surface area contributed by atoms with Crippen molar-refractivity contribution in [2.24, 2.45) is 0 Å². The van der Waals surface area contributed by atoms with E-state index in [1.54, 1.807) is 26.2 Å². The second-order valence-electron chi connectivity index (χ2n) is 8.07. The number of nitrogens with zero attached hydrogens (tertiary/aromatic N) is 2. The van der Waals surface area contributed by atoms with Gasteiger partial charge in [-0.05, 0) is 49.0 Å². The Kier molecular flexibility index (Phi) is 19.4. The highest BCUT2D eigenvalue weighted by Gasteiger charge is 2.13. The Bertz CT molecular complexity index is 1340. The van der Waals surface area contributed by atoms with Crippen molar-refractivity contribution in [3.8, 4) is 40.5 Å². The lowest BCUT2D eigenvalue weighted by Crippen LogP contribution is -2.17. The number of hydrogen-bond donors (Lipinski definition) is 1. The molecule has 3 N–H and O–H groups in total. The van der Waals surface area contributed by atoms with Gasteiger partial charge in [-0.2, -0.15) is 0 Å². The summed E-state index contributed by atoms with van der Waals surface area (Å²) in [6.07, 6.45) is 14.1. The van der Waals surface area contributed by atoms with E-state index in [9.17, 15) is 4.79 Å². The van der Waals surface area contributed by atoms with Crippen molar-refractivity contribution in [1.82, 2.24) is 9.55 Å². The number of thiophene rings is 1. The minimum absolute atomic E-state index is 0. The van der Waals surface area contributed by atoms with E-state index in [-0.39, 0.29) is 19.8 Å². The van der Waals surface area contributed by atoms with Crippen LogP contribution in [0.25, 0.3) is 26.3 Å². The lowest BCUT2D eigenvalue weighted by atomic mass is 10.2. The molecular formula is C30H40ClN2O5PS. The predicted octanol–water partition coefficient (Wildman–Crippen LogP) is 7.39. The van der Waals surface area contributed by atoms with Gasteiger partial charge in [0, 0.05) is 24.8 Å². The lowest BCUT2D eigenvalue weighted by Gasteiger charge is -2.13. The maximum atomic E-state index is 13.2. The van der Waals surface area contributed by atoms with Gasteiger partial charge in [-0.3, -0.25) is 9.36 Å². The third kappa shape index (κ3) is 10.9. The van der Waals surface area contributed by atoms with Crippen molar-refractivity contribution in [1.29, 1.82) is 0 Å². The quantitative estimate of drug-likeness (QED) is 0.128. The van der Waals surface area contributed by atoms with Gasteiger partial charge in [0.15, 0.2) is 11.5 Å². The van der Waals surface area contributed by atoms with Gasteiger partial charge in [-0.15, -0.1) is 24.2 Å². The Morgan fingerprint density at radius 1 is 1.05 bits per heavy atom. The first-order valence-electron chi connectivity index (χ1n) is 12.7. The van der Waals surface area contributed by atoms with Crippen molar-refractivity contribution in [3.63, 3.8) is 0 Å². The molecule has 0 bridgehead atoms. The lowest BCUT2D eigenvalue weighted by molar-refractivity contribution is 0.286. The van der Waals surface area contributed by atoms with E-state index in [1.807, 2.05) is 42.5 Å². The molecule has 0 saturated carbocycles. The van der Waals surface area contributed by atoms with Crippen molar-refractivity contribution in [2.75, 3.05) is 20.4 Å². The van der Waals surface area contributed by atoms with Gasteiger partial charge < -0.3 is 19.8 Å². The zero-order valence-electron chi connectivity index (χ0n) is 23.7. The molecule has 0 radical (unpaired) electrons. The number of unbranched alkanes of at least 4 members (excludes halogenated alkanes) is 2. The Hall–Kier alpha value is -2.92. The van der Waals surface area contributed by atoms with Gasteiger partial charge in [0.05, 0.1) is 24.9 Å². The largest absolute Gasteiger partial charge is 0.493 e. The number of terminal acetylenes is 1. The molecule has 0 aliphatic heterocycles. The Morgan fingerprint density at radius 3 is 2.25 bits per heavy atom. The van der Waals surface area contributed by atoms with Crippen molar-refractivity contribution < 1.29 is 19.8 Å². The Balaban J connectivity index is 0.00000153. The first-order valence-corrected chi connectivity index (χ1v) is 15.3. The second kappa shape index (κ2) is 20.9. The number of hydrogen-bond acceptors (Lipinski definition) is 6. The number of rotatable bonds is 8. The molecule has 2 aromatic carbocycles. The molecule has 1 atom stereocenters. The van der Waals surface area contributed by atoms with Crippen LogP contribution in [-0.2, 0) is 0 Å². The van der Waals surface area contributed by atoms with Gasteiger partial charge in [-0.1, -0.05) is 63.8 Å². The molecule has 2 heterocycles. The molecular weight excluding hydrogens is 567 g/mol. The summed E-state index contributed by atoms with van der Waals surface area (Å²) in [4.78, 5) is 26.3. The number of methoxy groups -OCH3 is 1. The summed E-state index contributed by atoms with van der Waals surface area (Å²) in [5.74, 6) is 1.26. The summed E-state index contributed by atoms with van der Waals surface area (Å²) in [5.41, 5.74) is 2.25. The molecule has 0 spiro atoms. The van der Waals surface area contributed by atoms with Gasteiger partial charge in [-0.25, -0.2) is 4.98 Å². The van der Waals surface area contributed by atoms with Crippen LogP contribution in [0.15, 0.2) is 59.7 Å².